The van der Waals surface area contributed by atoms with Gasteiger partial charge in [0, 0.05) is 0 Å². The monoisotopic (exact) mass is 434 g/mol. The molecule has 0 unspecified atom stereocenters. The van der Waals surface area contributed by atoms with Crippen LogP contribution >= 0.6 is 23.2 Å². The van der Waals surface area contributed by atoms with Crippen LogP contribution in [-0.2, 0) is 14.3 Å². The lowest BCUT2D eigenvalue weighted by Crippen LogP contribution is -2.45. The molecule has 0 spiro atoms. The standard InChI is InChI=1S/C20H16Cl2N2O5/c1-10(24-18(26)12-6-3-4-7-13(12)19(24)27)20(28)29-11(2)17(25)23-15-9-5-8-14(21)16(15)22/h3-11H,1-2H3,(H,23,25)/t10-,11-/m1/s1. The van der Waals surface area contributed by atoms with Gasteiger partial charge in [0.05, 0.1) is 26.9 Å². The van der Waals surface area contributed by atoms with Crippen molar-refractivity contribution < 1.29 is 23.9 Å². The molecule has 1 aliphatic rings. The number of amides is 3. The molecule has 1 aliphatic heterocycles. The average Bonchev–Trinajstić information content (AvgIpc) is 2.95. The summed E-state index contributed by atoms with van der Waals surface area (Å²) in [5.74, 6) is -2.70. The van der Waals surface area contributed by atoms with Crippen LogP contribution in [0.15, 0.2) is 42.5 Å². The molecular formula is C20H16Cl2N2O5. The van der Waals surface area contributed by atoms with E-state index in [4.69, 9.17) is 27.9 Å². The van der Waals surface area contributed by atoms with Gasteiger partial charge in [-0.15, -0.1) is 0 Å². The number of halogens is 2. The Bertz CT molecular complexity index is 989. The molecule has 1 heterocycles. The maximum absolute atomic E-state index is 12.5. The molecule has 0 saturated heterocycles. The number of ether oxygens (including phenoxy) is 1. The number of anilines is 1. The van der Waals surface area contributed by atoms with E-state index in [-0.39, 0.29) is 26.9 Å². The lowest BCUT2D eigenvalue weighted by atomic mass is 10.1. The minimum absolute atomic E-state index is 0.153. The van der Waals surface area contributed by atoms with Gasteiger partial charge in [-0.2, -0.15) is 0 Å². The van der Waals surface area contributed by atoms with E-state index in [1.807, 2.05) is 0 Å². The first-order valence-corrected chi connectivity index (χ1v) is 9.40. The van der Waals surface area contributed by atoms with Crippen molar-refractivity contribution in [1.29, 1.82) is 0 Å². The summed E-state index contributed by atoms with van der Waals surface area (Å²) in [6.45, 7) is 2.73. The maximum Gasteiger partial charge on any atom is 0.329 e. The largest absolute Gasteiger partial charge is 0.451 e. The Kier molecular flexibility index (Phi) is 5.91. The number of nitrogens with zero attached hydrogens (tertiary/aromatic N) is 1. The zero-order valence-electron chi connectivity index (χ0n) is 15.4. The van der Waals surface area contributed by atoms with Crippen molar-refractivity contribution in [3.63, 3.8) is 0 Å². The second-order valence-corrected chi connectivity index (χ2v) is 7.16. The third-order valence-electron chi connectivity index (χ3n) is 4.43. The second-order valence-electron chi connectivity index (χ2n) is 6.37. The number of rotatable bonds is 5. The Labute approximate surface area is 176 Å². The van der Waals surface area contributed by atoms with E-state index in [0.717, 1.165) is 4.90 Å². The molecule has 150 valence electrons. The van der Waals surface area contributed by atoms with Gasteiger partial charge in [0.2, 0.25) is 0 Å². The van der Waals surface area contributed by atoms with Crippen LogP contribution in [0.5, 0.6) is 0 Å². The Balaban J connectivity index is 1.67. The predicted molar refractivity (Wildman–Crippen MR) is 107 cm³/mol. The number of carbonyl (C=O) groups is 4. The summed E-state index contributed by atoms with van der Waals surface area (Å²) in [5, 5.41) is 2.93. The molecule has 0 fully saturated rings. The minimum atomic E-state index is -1.20. The molecule has 2 atom stereocenters. The van der Waals surface area contributed by atoms with Gasteiger partial charge >= 0.3 is 5.97 Å². The van der Waals surface area contributed by atoms with Gasteiger partial charge in [-0.25, -0.2) is 4.79 Å². The van der Waals surface area contributed by atoms with E-state index in [1.54, 1.807) is 30.3 Å². The molecule has 29 heavy (non-hydrogen) atoms. The second kappa shape index (κ2) is 8.23. The Morgan fingerprint density at radius 2 is 1.55 bits per heavy atom. The number of fused-ring (bicyclic) bond motifs is 1. The van der Waals surface area contributed by atoms with Crippen molar-refractivity contribution in [2.75, 3.05) is 5.32 Å². The lowest BCUT2D eigenvalue weighted by Gasteiger charge is -2.23. The third-order valence-corrected chi connectivity index (χ3v) is 5.24. The average molecular weight is 435 g/mol. The molecule has 0 saturated carbocycles. The van der Waals surface area contributed by atoms with Crippen molar-refractivity contribution in [1.82, 2.24) is 4.90 Å². The number of esters is 1. The molecule has 7 nitrogen and oxygen atoms in total. The molecule has 0 aliphatic carbocycles. The number of hydrogen-bond acceptors (Lipinski definition) is 5. The normalized spacial score (nSPS) is 15.0. The van der Waals surface area contributed by atoms with E-state index >= 15 is 0 Å². The Hall–Kier alpha value is -2.90. The quantitative estimate of drug-likeness (QED) is 0.573. The molecule has 0 bridgehead atoms. The first-order chi connectivity index (χ1) is 13.7. The fraction of sp³-hybridized carbons (Fsp3) is 0.200. The van der Waals surface area contributed by atoms with Gasteiger partial charge in [0.25, 0.3) is 17.7 Å². The van der Waals surface area contributed by atoms with E-state index in [9.17, 15) is 19.2 Å². The van der Waals surface area contributed by atoms with Crippen LogP contribution in [-0.4, -0.2) is 40.7 Å². The summed E-state index contributed by atoms with van der Waals surface area (Å²) in [4.78, 5) is 50.6. The van der Waals surface area contributed by atoms with Crippen molar-refractivity contribution in [2.24, 2.45) is 0 Å². The highest BCUT2D eigenvalue weighted by atomic mass is 35.5. The molecule has 2 aromatic rings. The number of nitrogens with one attached hydrogen (secondary N) is 1. The highest BCUT2D eigenvalue weighted by molar-refractivity contribution is 6.44. The molecule has 3 rings (SSSR count). The fourth-order valence-corrected chi connectivity index (χ4v) is 3.17. The van der Waals surface area contributed by atoms with Crippen LogP contribution in [0.4, 0.5) is 5.69 Å². The highest BCUT2D eigenvalue weighted by Crippen LogP contribution is 2.30. The van der Waals surface area contributed by atoms with Crippen molar-refractivity contribution in [3.8, 4) is 0 Å². The Morgan fingerprint density at radius 3 is 2.14 bits per heavy atom. The first kappa shape index (κ1) is 20.8. The van der Waals surface area contributed by atoms with Gasteiger partial charge in [0.15, 0.2) is 6.10 Å². The van der Waals surface area contributed by atoms with Crippen LogP contribution in [0, 0.1) is 0 Å². The fourth-order valence-electron chi connectivity index (χ4n) is 2.83. The molecular weight excluding hydrogens is 419 g/mol. The first-order valence-electron chi connectivity index (χ1n) is 8.64. The van der Waals surface area contributed by atoms with Crippen LogP contribution < -0.4 is 5.32 Å². The summed E-state index contributed by atoms with van der Waals surface area (Å²) >= 11 is 11.9. The van der Waals surface area contributed by atoms with E-state index in [0.29, 0.717) is 0 Å². The lowest BCUT2D eigenvalue weighted by molar-refractivity contribution is -0.156. The van der Waals surface area contributed by atoms with Crippen LogP contribution in [0.25, 0.3) is 0 Å². The van der Waals surface area contributed by atoms with E-state index in [2.05, 4.69) is 5.32 Å². The highest BCUT2D eigenvalue weighted by Gasteiger charge is 2.41. The molecule has 2 aromatic carbocycles. The summed E-state index contributed by atoms with van der Waals surface area (Å²) in [7, 11) is 0. The van der Waals surface area contributed by atoms with E-state index in [1.165, 1.54) is 26.0 Å². The molecule has 0 aromatic heterocycles. The third kappa shape index (κ3) is 3.97. The van der Waals surface area contributed by atoms with Crippen LogP contribution in [0.3, 0.4) is 0 Å². The number of imide groups is 1. The zero-order valence-corrected chi connectivity index (χ0v) is 17.0. The SMILES string of the molecule is C[C@H](C(=O)O[C@H](C)C(=O)Nc1cccc(Cl)c1Cl)N1C(=O)c2ccccc2C1=O. The van der Waals surface area contributed by atoms with Gasteiger partial charge in [-0.3, -0.25) is 19.3 Å². The number of hydrogen-bond donors (Lipinski definition) is 1. The van der Waals surface area contributed by atoms with E-state index < -0.39 is 35.8 Å². The molecule has 0 radical (unpaired) electrons. The van der Waals surface area contributed by atoms with Crippen LogP contribution in [0.1, 0.15) is 34.6 Å². The van der Waals surface area contributed by atoms with Gasteiger partial charge in [-0.1, -0.05) is 41.4 Å². The van der Waals surface area contributed by atoms with Crippen LogP contribution in [0.2, 0.25) is 10.0 Å². The summed E-state index contributed by atoms with van der Waals surface area (Å²) in [6, 6.07) is 9.79. The van der Waals surface area contributed by atoms with Gasteiger partial charge in [-0.05, 0) is 38.1 Å². The number of carbonyl (C=O) groups excluding carboxylic acids is 4. The molecule has 1 N–H and O–H groups in total. The Morgan fingerprint density at radius 1 is 0.966 bits per heavy atom. The number of benzene rings is 2. The predicted octanol–water partition coefficient (Wildman–Crippen LogP) is 3.55. The van der Waals surface area contributed by atoms with Crippen molar-refractivity contribution in [2.45, 2.75) is 26.0 Å². The van der Waals surface area contributed by atoms with Gasteiger partial charge in [0.1, 0.15) is 6.04 Å². The maximum atomic E-state index is 12.5. The molecule has 3 amide bonds. The summed E-state index contributed by atoms with van der Waals surface area (Å²) < 4.78 is 5.15. The summed E-state index contributed by atoms with van der Waals surface area (Å²) in [5.41, 5.74) is 0.706. The molecule has 9 heteroatoms. The topological polar surface area (TPSA) is 92.8 Å². The van der Waals surface area contributed by atoms with Gasteiger partial charge < -0.3 is 10.1 Å². The summed E-state index contributed by atoms with van der Waals surface area (Å²) in [6.07, 6.45) is -1.20. The minimum Gasteiger partial charge on any atom is -0.451 e. The zero-order chi connectivity index (χ0) is 21.3. The smallest absolute Gasteiger partial charge is 0.329 e. The van der Waals surface area contributed by atoms with Crippen molar-refractivity contribution >= 4 is 52.6 Å². The van der Waals surface area contributed by atoms with Crippen molar-refractivity contribution in [3.05, 3.63) is 63.6 Å².